The van der Waals surface area contributed by atoms with Gasteiger partial charge in [0.05, 0.1) is 5.56 Å². The molecule has 0 saturated heterocycles. The van der Waals surface area contributed by atoms with Gasteiger partial charge in [-0.05, 0) is 53.3 Å². The topological polar surface area (TPSA) is 0 Å². The number of fused-ring (bicyclic) bond motifs is 1. The predicted molar refractivity (Wildman–Crippen MR) is 83.2 cm³/mol. The molecule has 1 aliphatic carbocycles. The molecule has 0 aliphatic heterocycles. The number of rotatable bonds is 2. The number of alkyl halides is 3. The third kappa shape index (κ3) is 2.45. The minimum absolute atomic E-state index is 0.613. The third-order valence-corrected chi connectivity index (χ3v) is 4.12. The van der Waals surface area contributed by atoms with E-state index in [1.54, 1.807) is 12.1 Å². The number of hydrogen-bond donors (Lipinski definition) is 0. The van der Waals surface area contributed by atoms with E-state index in [4.69, 9.17) is 0 Å². The molecule has 113 valence electrons. The van der Waals surface area contributed by atoms with Crippen molar-refractivity contribution in [1.29, 1.82) is 0 Å². The monoisotopic (exact) mass is 301 g/mol. The summed E-state index contributed by atoms with van der Waals surface area (Å²) in [5.41, 5.74) is 6.00. The molecule has 0 saturated carbocycles. The van der Waals surface area contributed by atoms with Crippen molar-refractivity contribution in [2.75, 3.05) is 0 Å². The Hall–Kier alpha value is -2.03. The minimum Gasteiger partial charge on any atom is -0.166 e. The quantitative estimate of drug-likeness (QED) is 0.626. The summed E-state index contributed by atoms with van der Waals surface area (Å²) in [7, 11) is 0. The highest BCUT2D eigenvalue weighted by Crippen LogP contribution is 2.42. The Balaban J connectivity index is 2.10. The molecule has 2 aromatic rings. The van der Waals surface area contributed by atoms with Crippen LogP contribution in [0, 0.1) is 6.42 Å². The summed E-state index contributed by atoms with van der Waals surface area (Å²) in [4.78, 5) is 0. The average molecular weight is 301 g/mol. The van der Waals surface area contributed by atoms with Gasteiger partial charge < -0.3 is 0 Å². The maximum absolute atomic E-state index is 12.7. The average Bonchev–Trinajstić information content (AvgIpc) is 2.81. The van der Waals surface area contributed by atoms with Crippen LogP contribution in [0.2, 0.25) is 0 Å². The van der Waals surface area contributed by atoms with Crippen LogP contribution < -0.4 is 0 Å². The molecule has 0 bridgehead atoms. The Morgan fingerprint density at radius 1 is 0.955 bits per heavy atom. The normalized spacial score (nSPS) is 14.4. The van der Waals surface area contributed by atoms with Gasteiger partial charge in [-0.25, -0.2) is 0 Å². The van der Waals surface area contributed by atoms with Crippen LogP contribution in [0.15, 0.2) is 48.0 Å². The molecule has 0 amide bonds. The molecule has 0 atom stereocenters. The second-order valence-electron chi connectivity index (χ2n) is 5.50. The fourth-order valence-electron chi connectivity index (χ4n) is 3.08. The molecular weight excluding hydrogens is 285 g/mol. The van der Waals surface area contributed by atoms with Gasteiger partial charge in [-0.2, -0.15) is 13.2 Å². The van der Waals surface area contributed by atoms with Crippen LogP contribution in [-0.4, -0.2) is 0 Å². The van der Waals surface area contributed by atoms with Crippen LogP contribution in [0.25, 0.3) is 16.7 Å². The molecule has 1 radical (unpaired) electrons. The Kier molecular flexibility index (Phi) is 3.59. The maximum atomic E-state index is 12.7. The SMILES string of the molecule is CCC1=C(C)[CH]c2cccc(-c3ccc(C(F)(F)F)cc3)c21. The third-order valence-electron chi connectivity index (χ3n) is 4.12. The van der Waals surface area contributed by atoms with Gasteiger partial charge in [0, 0.05) is 6.42 Å². The van der Waals surface area contributed by atoms with Gasteiger partial charge in [-0.3, -0.25) is 0 Å². The van der Waals surface area contributed by atoms with Crippen LogP contribution in [0.4, 0.5) is 13.2 Å². The van der Waals surface area contributed by atoms with Gasteiger partial charge in [0.25, 0.3) is 0 Å². The summed E-state index contributed by atoms with van der Waals surface area (Å²) in [5.74, 6) is 0. The summed E-state index contributed by atoms with van der Waals surface area (Å²) in [6.45, 7) is 4.18. The van der Waals surface area contributed by atoms with Crippen molar-refractivity contribution in [2.45, 2.75) is 26.4 Å². The summed E-state index contributed by atoms with van der Waals surface area (Å²) in [5, 5.41) is 0. The summed E-state index contributed by atoms with van der Waals surface area (Å²) in [6.07, 6.45) is -1.25. The van der Waals surface area contributed by atoms with E-state index >= 15 is 0 Å². The van der Waals surface area contributed by atoms with Crippen LogP contribution in [-0.2, 0) is 6.18 Å². The molecule has 1 aliphatic rings. The Bertz CT molecular complexity index is 734. The molecule has 3 heteroatoms. The first-order valence-electron chi connectivity index (χ1n) is 7.27. The molecule has 0 spiro atoms. The first-order valence-corrected chi connectivity index (χ1v) is 7.27. The molecule has 0 unspecified atom stereocenters. The van der Waals surface area contributed by atoms with Crippen LogP contribution in [0.5, 0.6) is 0 Å². The van der Waals surface area contributed by atoms with E-state index in [9.17, 15) is 13.2 Å². The van der Waals surface area contributed by atoms with Gasteiger partial charge in [0.2, 0.25) is 0 Å². The number of allylic oxidation sites excluding steroid dienone is 2. The maximum Gasteiger partial charge on any atom is 0.416 e. The van der Waals surface area contributed by atoms with Crippen LogP contribution in [0.1, 0.15) is 37.0 Å². The molecule has 0 nitrogen and oxygen atoms in total. The van der Waals surface area contributed by atoms with E-state index < -0.39 is 11.7 Å². The van der Waals surface area contributed by atoms with E-state index in [1.807, 2.05) is 12.1 Å². The van der Waals surface area contributed by atoms with E-state index in [0.717, 1.165) is 40.8 Å². The van der Waals surface area contributed by atoms with Crippen molar-refractivity contribution in [3.8, 4) is 11.1 Å². The second-order valence-corrected chi connectivity index (χ2v) is 5.50. The lowest BCUT2D eigenvalue weighted by atomic mass is 9.92. The zero-order valence-electron chi connectivity index (χ0n) is 12.5. The van der Waals surface area contributed by atoms with Crippen LogP contribution >= 0.6 is 0 Å². The largest absolute Gasteiger partial charge is 0.416 e. The van der Waals surface area contributed by atoms with Crippen molar-refractivity contribution in [3.05, 3.63) is 71.1 Å². The lowest BCUT2D eigenvalue weighted by Crippen LogP contribution is -2.04. The van der Waals surface area contributed by atoms with Gasteiger partial charge >= 0.3 is 6.18 Å². The highest BCUT2D eigenvalue weighted by Gasteiger charge is 2.30. The number of hydrogen-bond acceptors (Lipinski definition) is 0. The number of benzene rings is 2. The van der Waals surface area contributed by atoms with Gasteiger partial charge in [0.1, 0.15) is 0 Å². The zero-order chi connectivity index (χ0) is 15.9. The highest BCUT2D eigenvalue weighted by atomic mass is 19.4. The van der Waals surface area contributed by atoms with Crippen LogP contribution in [0.3, 0.4) is 0 Å². The molecule has 0 N–H and O–H groups in total. The van der Waals surface area contributed by atoms with E-state index in [-0.39, 0.29) is 0 Å². The lowest BCUT2D eigenvalue weighted by Gasteiger charge is -2.13. The molecule has 2 aromatic carbocycles. The molecular formula is C19H16F3. The van der Waals surface area contributed by atoms with Crippen molar-refractivity contribution in [3.63, 3.8) is 0 Å². The Labute approximate surface area is 128 Å². The molecule has 22 heavy (non-hydrogen) atoms. The summed E-state index contributed by atoms with van der Waals surface area (Å²) in [6, 6.07) is 11.4. The standard InChI is InChI=1S/C19H16F3/c1-3-16-12(2)11-14-5-4-6-17(18(14)16)13-7-9-15(10-8-13)19(20,21)22/h4-11H,3H2,1-2H3. The van der Waals surface area contributed by atoms with E-state index in [0.29, 0.717) is 0 Å². The molecule has 0 heterocycles. The lowest BCUT2D eigenvalue weighted by molar-refractivity contribution is -0.137. The van der Waals surface area contributed by atoms with Gasteiger partial charge in [0.15, 0.2) is 0 Å². The zero-order valence-corrected chi connectivity index (χ0v) is 12.5. The number of halogens is 3. The van der Waals surface area contributed by atoms with E-state index in [2.05, 4.69) is 26.3 Å². The van der Waals surface area contributed by atoms with Crippen molar-refractivity contribution in [1.82, 2.24) is 0 Å². The molecule has 0 aromatic heterocycles. The van der Waals surface area contributed by atoms with Gasteiger partial charge in [-0.1, -0.05) is 42.8 Å². The fraction of sp³-hybridized carbons (Fsp3) is 0.211. The van der Waals surface area contributed by atoms with Crippen molar-refractivity contribution in [2.24, 2.45) is 0 Å². The first kappa shape index (κ1) is 14.9. The minimum atomic E-state index is -4.30. The summed E-state index contributed by atoms with van der Waals surface area (Å²) >= 11 is 0. The Morgan fingerprint density at radius 3 is 2.23 bits per heavy atom. The Morgan fingerprint density at radius 2 is 1.64 bits per heavy atom. The van der Waals surface area contributed by atoms with Gasteiger partial charge in [-0.15, -0.1) is 0 Å². The smallest absolute Gasteiger partial charge is 0.166 e. The molecule has 3 rings (SSSR count). The summed E-state index contributed by atoms with van der Waals surface area (Å²) < 4.78 is 38.1. The highest BCUT2D eigenvalue weighted by molar-refractivity contribution is 5.89. The first-order chi connectivity index (χ1) is 10.4. The fourth-order valence-corrected chi connectivity index (χ4v) is 3.08. The van der Waals surface area contributed by atoms with Crippen molar-refractivity contribution >= 4 is 5.57 Å². The van der Waals surface area contributed by atoms with Crippen molar-refractivity contribution < 1.29 is 13.2 Å². The molecule has 0 fully saturated rings. The van der Waals surface area contributed by atoms with E-state index in [1.165, 1.54) is 11.1 Å². The predicted octanol–water partition coefficient (Wildman–Crippen LogP) is 6.12. The second kappa shape index (κ2) is 5.31.